The van der Waals surface area contributed by atoms with E-state index in [0.29, 0.717) is 11.5 Å². The van der Waals surface area contributed by atoms with Gasteiger partial charge in [-0.3, -0.25) is 0 Å². The number of rotatable bonds is 2. The van der Waals surface area contributed by atoms with Crippen LogP contribution in [0.3, 0.4) is 0 Å². The van der Waals surface area contributed by atoms with Crippen LogP contribution in [0.15, 0.2) is 48.9 Å². The zero-order chi connectivity index (χ0) is 14.1. The summed E-state index contributed by atoms with van der Waals surface area (Å²) in [7, 11) is 1.76. The van der Waals surface area contributed by atoms with Gasteiger partial charge in [-0.2, -0.15) is 0 Å². The first-order valence-electron chi connectivity index (χ1n) is 6.88. The second-order valence-electron chi connectivity index (χ2n) is 5.30. The van der Waals surface area contributed by atoms with Crippen LogP contribution in [0, 0.1) is 0 Å². The molecule has 2 aliphatic heterocycles. The molecule has 2 fully saturated rings. The Bertz CT molecular complexity index is 505. The van der Waals surface area contributed by atoms with Crippen LogP contribution in [-0.2, 0) is 9.31 Å². The number of anilines is 1. The minimum atomic E-state index is -0.406. The molecular formula is C15H19BN2O2. The van der Waals surface area contributed by atoms with Gasteiger partial charge in [-0.05, 0) is 19.2 Å². The van der Waals surface area contributed by atoms with Crippen molar-refractivity contribution in [1.82, 2.24) is 4.90 Å². The summed E-state index contributed by atoms with van der Waals surface area (Å²) >= 11 is 0. The number of benzene rings is 1. The van der Waals surface area contributed by atoms with Crippen molar-refractivity contribution >= 4 is 18.3 Å². The molecule has 2 saturated heterocycles. The Morgan fingerprint density at radius 3 is 2.05 bits per heavy atom. The molecule has 1 aromatic carbocycles. The first kappa shape index (κ1) is 13.1. The number of nitrogens with zero attached hydrogens (tertiary/aromatic N) is 2. The quantitative estimate of drug-likeness (QED) is 0.754. The van der Waals surface area contributed by atoms with Crippen LogP contribution in [0.5, 0.6) is 0 Å². The lowest BCUT2D eigenvalue weighted by Gasteiger charge is -2.34. The summed E-state index contributed by atoms with van der Waals surface area (Å²) in [5.74, 6) is 1.02. The third kappa shape index (κ3) is 2.54. The predicted molar refractivity (Wildman–Crippen MR) is 82.0 cm³/mol. The average Bonchev–Trinajstić information content (AvgIpc) is 2.80. The smallest absolute Gasteiger partial charge is 0.520 e. The fourth-order valence-corrected chi connectivity index (χ4v) is 2.46. The van der Waals surface area contributed by atoms with Crippen molar-refractivity contribution < 1.29 is 9.31 Å². The van der Waals surface area contributed by atoms with Gasteiger partial charge >= 0.3 is 7.12 Å². The van der Waals surface area contributed by atoms with Gasteiger partial charge in [0.2, 0.25) is 0 Å². The Morgan fingerprint density at radius 1 is 0.950 bits per heavy atom. The van der Waals surface area contributed by atoms with E-state index in [1.807, 2.05) is 12.1 Å². The van der Waals surface area contributed by atoms with Crippen molar-refractivity contribution in [1.29, 1.82) is 0 Å². The van der Waals surface area contributed by atoms with Crippen LogP contribution in [0.25, 0.3) is 0 Å². The normalized spacial score (nSPS) is 20.1. The molecule has 3 rings (SSSR count). The summed E-state index contributed by atoms with van der Waals surface area (Å²) in [6, 6.07) is 8.34. The van der Waals surface area contributed by atoms with E-state index in [9.17, 15) is 0 Å². The van der Waals surface area contributed by atoms with Gasteiger partial charge in [-0.15, -0.1) is 0 Å². The molecule has 4 nitrogen and oxygen atoms in total. The monoisotopic (exact) mass is 270 g/mol. The second kappa shape index (κ2) is 5.25. The lowest BCUT2D eigenvalue weighted by atomic mass is 9.79. The number of hydrogen-bond donors (Lipinski definition) is 0. The molecule has 0 aliphatic carbocycles. The van der Waals surface area contributed by atoms with Gasteiger partial charge < -0.3 is 19.1 Å². The van der Waals surface area contributed by atoms with E-state index in [1.54, 1.807) is 0 Å². The molecule has 0 N–H and O–H groups in total. The minimum Gasteiger partial charge on any atom is -0.520 e. The summed E-state index contributed by atoms with van der Waals surface area (Å²) in [5, 5.41) is 0. The fraction of sp³-hybridized carbons (Fsp3) is 0.333. The topological polar surface area (TPSA) is 24.9 Å². The van der Waals surface area contributed by atoms with Gasteiger partial charge in [-0.1, -0.05) is 25.3 Å². The molecule has 0 amide bonds. The summed E-state index contributed by atoms with van der Waals surface area (Å²) in [6.07, 6.45) is 0. The van der Waals surface area contributed by atoms with Crippen molar-refractivity contribution in [2.24, 2.45) is 0 Å². The Morgan fingerprint density at radius 2 is 1.50 bits per heavy atom. The Kier molecular flexibility index (Phi) is 3.44. The molecule has 2 heterocycles. The molecule has 0 saturated carbocycles. The molecule has 5 heteroatoms. The van der Waals surface area contributed by atoms with Crippen LogP contribution in [-0.4, -0.2) is 45.2 Å². The molecule has 0 aromatic heterocycles. The van der Waals surface area contributed by atoms with Gasteiger partial charge in [0.1, 0.15) is 11.5 Å². The summed E-state index contributed by atoms with van der Waals surface area (Å²) in [6.45, 7) is 11.9. The molecule has 0 radical (unpaired) electrons. The van der Waals surface area contributed by atoms with E-state index in [-0.39, 0.29) is 0 Å². The van der Waals surface area contributed by atoms with Crippen LogP contribution in [0.4, 0.5) is 5.69 Å². The largest absolute Gasteiger partial charge is 0.632 e. The van der Waals surface area contributed by atoms with Crippen LogP contribution < -0.4 is 10.4 Å². The van der Waals surface area contributed by atoms with E-state index in [4.69, 9.17) is 9.31 Å². The average molecular weight is 270 g/mol. The Balaban J connectivity index is 1.69. The molecule has 20 heavy (non-hydrogen) atoms. The summed E-state index contributed by atoms with van der Waals surface area (Å²) in [4.78, 5) is 4.75. The third-order valence-corrected chi connectivity index (χ3v) is 3.84. The highest BCUT2D eigenvalue weighted by atomic mass is 16.6. The van der Waals surface area contributed by atoms with E-state index >= 15 is 0 Å². The Hall–Kier alpha value is -1.88. The van der Waals surface area contributed by atoms with Gasteiger partial charge in [0.25, 0.3) is 0 Å². The predicted octanol–water partition coefficient (Wildman–Crippen LogP) is 1.21. The summed E-state index contributed by atoms with van der Waals surface area (Å²) < 4.78 is 11.0. The zero-order valence-corrected chi connectivity index (χ0v) is 11.8. The third-order valence-electron chi connectivity index (χ3n) is 3.84. The van der Waals surface area contributed by atoms with Crippen molar-refractivity contribution in [3.63, 3.8) is 0 Å². The molecule has 2 aliphatic rings. The molecule has 1 aromatic rings. The van der Waals surface area contributed by atoms with Gasteiger partial charge in [0.15, 0.2) is 0 Å². The van der Waals surface area contributed by atoms with Crippen LogP contribution in [0.2, 0.25) is 0 Å². The van der Waals surface area contributed by atoms with Crippen LogP contribution >= 0.6 is 0 Å². The fourth-order valence-electron chi connectivity index (χ4n) is 2.46. The van der Waals surface area contributed by atoms with Crippen molar-refractivity contribution in [2.45, 2.75) is 0 Å². The van der Waals surface area contributed by atoms with Crippen molar-refractivity contribution in [3.05, 3.63) is 48.9 Å². The lowest BCUT2D eigenvalue weighted by Crippen LogP contribution is -2.44. The van der Waals surface area contributed by atoms with Crippen molar-refractivity contribution in [3.8, 4) is 0 Å². The van der Waals surface area contributed by atoms with Gasteiger partial charge in [-0.25, -0.2) is 0 Å². The SMILES string of the molecule is C=C1OB(c2ccc(N3CCN(C)CC3)cc2)OC1=C. The van der Waals surface area contributed by atoms with E-state index in [0.717, 1.165) is 31.6 Å². The standard InChI is InChI=1S/C15H19BN2O2/c1-12-13(2)20-16(19-12)14-4-6-15(7-5-14)18-10-8-17(3)9-11-18/h4-7H,1-2,8-11H2,3H3. The maximum atomic E-state index is 5.52. The first-order valence-corrected chi connectivity index (χ1v) is 6.88. The second-order valence-corrected chi connectivity index (χ2v) is 5.30. The Labute approximate surface area is 120 Å². The van der Waals surface area contributed by atoms with Crippen molar-refractivity contribution in [2.75, 3.05) is 38.1 Å². The molecular weight excluding hydrogens is 251 g/mol. The number of piperazine rings is 1. The van der Waals surface area contributed by atoms with Gasteiger partial charge in [0, 0.05) is 37.3 Å². The summed E-state index contributed by atoms with van der Waals surface area (Å²) in [5.41, 5.74) is 2.24. The highest BCUT2D eigenvalue weighted by molar-refractivity contribution is 6.62. The van der Waals surface area contributed by atoms with E-state index in [2.05, 4.69) is 42.1 Å². The highest BCUT2D eigenvalue weighted by Gasteiger charge is 2.34. The maximum absolute atomic E-state index is 5.52. The first-order chi connectivity index (χ1) is 9.63. The molecule has 0 spiro atoms. The van der Waals surface area contributed by atoms with Gasteiger partial charge in [0.05, 0.1) is 0 Å². The number of hydrogen-bond acceptors (Lipinski definition) is 4. The lowest BCUT2D eigenvalue weighted by molar-refractivity contribution is 0.313. The molecule has 0 bridgehead atoms. The van der Waals surface area contributed by atoms with E-state index < -0.39 is 7.12 Å². The zero-order valence-electron chi connectivity index (χ0n) is 11.8. The number of likely N-dealkylation sites (N-methyl/N-ethyl adjacent to an activating group) is 1. The minimum absolute atomic E-state index is 0.406. The molecule has 0 unspecified atom stereocenters. The van der Waals surface area contributed by atoms with E-state index in [1.165, 1.54) is 5.69 Å². The van der Waals surface area contributed by atoms with Crippen LogP contribution in [0.1, 0.15) is 0 Å². The maximum Gasteiger partial charge on any atom is 0.632 e. The molecule has 0 atom stereocenters. The highest BCUT2D eigenvalue weighted by Crippen LogP contribution is 2.21. The molecule has 104 valence electrons.